The summed E-state index contributed by atoms with van der Waals surface area (Å²) in [5.74, 6) is -0.159. The zero-order valence-corrected chi connectivity index (χ0v) is 11.4. The molecule has 0 atom stereocenters. The molecule has 8 heteroatoms. The fraction of sp³-hybridized carbons (Fsp3) is 0.250. The van der Waals surface area contributed by atoms with Crippen molar-refractivity contribution in [2.45, 2.75) is 6.54 Å². The van der Waals surface area contributed by atoms with E-state index in [0.717, 1.165) is 11.3 Å². The standard InChI is InChI=1S/C12H17N7O/c1-18-6-7-5-8(16-11(15)17-10(13)14)3-4-9(7)19(2)12(18)20/h3-5H,6H2,1-2H3,(H6,13,14,15,16,17). The summed E-state index contributed by atoms with van der Waals surface area (Å²) in [6.07, 6.45) is 0. The summed E-state index contributed by atoms with van der Waals surface area (Å²) < 4.78 is 0. The number of carbonyl (C=O) groups is 1. The summed E-state index contributed by atoms with van der Waals surface area (Å²) in [5.41, 5.74) is 18.5. The van der Waals surface area contributed by atoms with Crippen molar-refractivity contribution in [2.75, 3.05) is 19.0 Å². The third-order valence-corrected chi connectivity index (χ3v) is 2.93. The summed E-state index contributed by atoms with van der Waals surface area (Å²) in [5, 5.41) is 0. The van der Waals surface area contributed by atoms with E-state index in [1.165, 1.54) is 0 Å². The van der Waals surface area contributed by atoms with Crippen LogP contribution in [0.15, 0.2) is 28.2 Å². The molecule has 20 heavy (non-hydrogen) atoms. The third kappa shape index (κ3) is 2.63. The first kappa shape index (κ1) is 13.7. The molecule has 1 aliphatic heterocycles. The Labute approximate surface area is 116 Å². The molecule has 1 aromatic rings. The van der Waals surface area contributed by atoms with E-state index < -0.39 is 0 Å². The molecule has 0 unspecified atom stereocenters. The average Bonchev–Trinajstić information content (AvgIpc) is 2.35. The van der Waals surface area contributed by atoms with Crippen molar-refractivity contribution in [2.24, 2.45) is 27.2 Å². The molecule has 1 aromatic carbocycles. The highest BCUT2D eigenvalue weighted by Gasteiger charge is 2.24. The van der Waals surface area contributed by atoms with Crippen LogP contribution in [-0.4, -0.2) is 36.9 Å². The number of nitrogens with two attached hydrogens (primary N) is 3. The highest BCUT2D eigenvalue weighted by atomic mass is 16.2. The quantitative estimate of drug-likeness (QED) is 0.489. The normalized spacial score (nSPS) is 15.1. The summed E-state index contributed by atoms with van der Waals surface area (Å²) in [6, 6.07) is 5.38. The van der Waals surface area contributed by atoms with Gasteiger partial charge in [-0.15, -0.1) is 0 Å². The van der Waals surface area contributed by atoms with Crippen LogP contribution in [-0.2, 0) is 6.54 Å². The van der Waals surface area contributed by atoms with Gasteiger partial charge in [-0.25, -0.2) is 9.79 Å². The number of rotatable bonds is 1. The maximum Gasteiger partial charge on any atom is 0.324 e. The van der Waals surface area contributed by atoms with Gasteiger partial charge in [0.25, 0.3) is 0 Å². The largest absolute Gasteiger partial charge is 0.370 e. The second-order valence-electron chi connectivity index (χ2n) is 4.52. The molecule has 0 fully saturated rings. The number of benzene rings is 1. The van der Waals surface area contributed by atoms with Gasteiger partial charge in [0, 0.05) is 20.6 Å². The van der Waals surface area contributed by atoms with Crippen molar-refractivity contribution in [1.82, 2.24) is 4.90 Å². The first-order valence-corrected chi connectivity index (χ1v) is 5.94. The third-order valence-electron chi connectivity index (χ3n) is 2.93. The first-order chi connectivity index (χ1) is 9.38. The van der Waals surface area contributed by atoms with Gasteiger partial charge in [0.2, 0.25) is 5.96 Å². The molecule has 0 saturated heterocycles. The number of aliphatic imine (C=N–C) groups is 2. The van der Waals surface area contributed by atoms with Crippen LogP contribution in [0.3, 0.4) is 0 Å². The van der Waals surface area contributed by atoms with Crippen LogP contribution in [0.4, 0.5) is 16.2 Å². The van der Waals surface area contributed by atoms with E-state index >= 15 is 0 Å². The Morgan fingerprint density at radius 2 is 1.95 bits per heavy atom. The number of hydrogen-bond acceptors (Lipinski definition) is 2. The van der Waals surface area contributed by atoms with E-state index in [1.807, 2.05) is 12.1 Å². The number of nitrogens with zero attached hydrogens (tertiary/aromatic N) is 4. The number of amides is 2. The lowest BCUT2D eigenvalue weighted by Gasteiger charge is -2.32. The second-order valence-corrected chi connectivity index (χ2v) is 4.52. The minimum Gasteiger partial charge on any atom is -0.370 e. The highest BCUT2D eigenvalue weighted by Crippen LogP contribution is 2.30. The van der Waals surface area contributed by atoms with Crippen molar-refractivity contribution in [3.05, 3.63) is 23.8 Å². The Morgan fingerprint density at radius 3 is 2.60 bits per heavy atom. The molecule has 0 bridgehead atoms. The van der Waals surface area contributed by atoms with Gasteiger partial charge < -0.3 is 22.1 Å². The van der Waals surface area contributed by atoms with Gasteiger partial charge in [-0.2, -0.15) is 4.99 Å². The van der Waals surface area contributed by atoms with E-state index in [1.54, 1.807) is 30.0 Å². The summed E-state index contributed by atoms with van der Waals surface area (Å²) >= 11 is 0. The molecule has 0 spiro atoms. The fourth-order valence-corrected chi connectivity index (χ4v) is 2.07. The van der Waals surface area contributed by atoms with E-state index in [2.05, 4.69) is 9.98 Å². The van der Waals surface area contributed by atoms with Crippen LogP contribution >= 0.6 is 0 Å². The van der Waals surface area contributed by atoms with Crippen LogP contribution in [0.25, 0.3) is 0 Å². The molecular weight excluding hydrogens is 258 g/mol. The zero-order valence-electron chi connectivity index (χ0n) is 11.4. The Kier molecular flexibility index (Phi) is 3.47. The van der Waals surface area contributed by atoms with Crippen molar-refractivity contribution < 1.29 is 4.79 Å². The molecule has 0 radical (unpaired) electrons. The highest BCUT2D eigenvalue weighted by molar-refractivity contribution is 5.95. The van der Waals surface area contributed by atoms with Gasteiger partial charge >= 0.3 is 6.03 Å². The zero-order chi connectivity index (χ0) is 14.9. The number of urea groups is 1. The van der Waals surface area contributed by atoms with E-state index in [9.17, 15) is 4.79 Å². The van der Waals surface area contributed by atoms with Crippen LogP contribution in [0, 0.1) is 0 Å². The van der Waals surface area contributed by atoms with Crippen molar-refractivity contribution in [3.8, 4) is 0 Å². The number of hydrogen-bond donors (Lipinski definition) is 3. The van der Waals surface area contributed by atoms with Gasteiger partial charge in [-0.3, -0.25) is 4.90 Å². The minimum atomic E-state index is -0.144. The minimum absolute atomic E-state index is 0.0152. The Morgan fingerprint density at radius 1 is 1.25 bits per heavy atom. The van der Waals surface area contributed by atoms with Gasteiger partial charge in [-0.05, 0) is 23.8 Å². The van der Waals surface area contributed by atoms with Gasteiger partial charge in [-0.1, -0.05) is 0 Å². The van der Waals surface area contributed by atoms with Crippen LogP contribution in [0.1, 0.15) is 5.56 Å². The van der Waals surface area contributed by atoms with Crippen LogP contribution < -0.4 is 22.1 Å². The first-order valence-electron chi connectivity index (χ1n) is 5.94. The smallest absolute Gasteiger partial charge is 0.324 e. The van der Waals surface area contributed by atoms with Crippen LogP contribution in [0.5, 0.6) is 0 Å². The number of fused-ring (bicyclic) bond motifs is 1. The molecule has 1 aliphatic rings. The molecule has 6 N–H and O–H groups in total. The van der Waals surface area contributed by atoms with Gasteiger partial charge in [0.05, 0.1) is 11.4 Å². The molecule has 0 aliphatic carbocycles. The monoisotopic (exact) mass is 275 g/mol. The number of carbonyl (C=O) groups excluding carboxylic acids is 1. The lowest BCUT2D eigenvalue weighted by molar-refractivity contribution is 0.212. The number of anilines is 1. The van der Waals surface area contributed by atoms with Gasteiger partial charge in [0.1, 0.15) is 0 Å². The molecule has 106 valence electrons. The molecule has 0 saturated carbocycles. The SMILES string of the molecule is CN1Cc2cc(N=C(N)N=C(N)N)ccc2N(C)C1=O. The lowest BCUT2D eigenvalue weighted by atomic mass is 10.1. The lowest BCUT2D eigenvalue weighted by Crippen LogP contribution is -2.42. The molecule has 2 amide bonds. The van der Waals surface area contributed by atoms with Crippen LogP contribution in [0.2, 0.25) is 0 Å². The molecular formula is C12H17N7O. The molecule has 0 aromatic heterocycles. The Balaban J connectivity index is 2.36. The van der Waals surface area contributed by atoms with Crippen molar-refractivity contribution in [1.29, 1.82) is 0 Å². The maximum absolute atomic E-state index is 11.8. The summed E-state index contributed by atoms with van der Waals surface area (Å²) in [4.78, 5) is 22.8. The summed E-state index contributed by atoms with van der Waals surface area (Å²) in [6.45, 7) is 0.518. The predicted molar refractivity (Wildman–Crippen MR) is 78.8 cm³/mol. The Hall–Kier alpha value is -2.77. The number of guanidine groups is 2. The van der Waals surface area contributed by atoms with E-state index in [0.29, 0.717) is 12.2 Å². The second kappa shape index (κ2) is 5.08. The Bertz CT molecular complexity index is 604. The summed E-state index contributed by atoms with van der Waals surface area (Å²) in [7, 11) is 3.47. The molecule has 1 heterocycles. The topological polar surface area (TPSA) is 126 Å². The maximum atomic E-state index is 11.8. The van der Waals surface area contributed by atoms with Crippen molar-refractivity contribution >= 4 is 29.3 Å². The van der Waals surface area contributed by atoms with E-state index in [4.69, 9.17) is 17.2 Å². The molecule has 8 nitrogen and oxygen atoms in total. The average molecular weight is 275 g/mol. The van der Waals surface area contributed by atoms with E-state index in [-0.39, 0.29) is 18.0 Å². The van der Waals surface area contributed by atoms with Gasteiger partial charge in [0.15, 0.2) is 5.96 Å². The fourth-order valence-electron chi connectivity index (χ4n) is 2.07. The molecule has 2 rings (SSSR count). The van der Waals surface area contributed by atoms with Crippen molar-refractivity contribution in [3.63, 3.8) is 0 Å². The predicted octanol–water partition coefficient (Wildman–Crippen LogP) is -0.0922.